The highest BCUT2D eigenvalue weighted by molar-refractivity contribution is 9.10. The van der Waals surface area contributed by atoms with Crippen LogP contribution in [0.1, 0.15) is 16.1 Å². The van der Waals surface area contributed by atoms with E-state index in [0.717, 1.165) is 10.2 Å². The van der Waals surface area contributed by atoms with Crippen molar-refractivity contribution in [2.24, 2.45) is 0 Å². The molecule has 88 valence electrons. The zero-order valence-corrected chi connectivity index (χ0v) is 11.3. The van der Waals surface area contributed by atoms with Gasteiger partial charge in [0.15, 0.2) is 5.13 Å². The summed E-state index contributed by atoms with van der Waals surface area (Å²) in [6.45, 7) is 1.90. The average Bonchev–Trinajstić information content (AvgIpc) is 2.70. The monoisotopic (exact) mass is 312 g/mol. The Morgan fingerprint density at radius 3 is 2.94 bits per heavy atom. The molecule has 0 aromatic carbocycles. The van der Waals surface area contributed by atoms with Crippen molar-refractivity contribution < 1.29 is 4.79 Å². The number of carbonyl (C=O) groups is 1. The maximum atomic E-state index is 11.8. The second-order valence-electron chi connectivity index (χ2n) is 3.36. The molecule has 0 aliphatic carbocycles. The molecule has 0 atom stereocenters. The highest BCUT2D eigenvalue weighted by Crippen LogP contribution is 2.18. The number of pyridine rings is 1. The molecule has 2 aromatic rings. The van der Waals surface area contributed by atoms with E-state index in [1.165, 1.54) is 11.3 Å². The number of nitrogens with one attached hydrogen (secondary N) is 1. The van der Waals surface area contributed by atoms with Crippen molar-refractivity contribution in [2.45, 2.75) is 6.92 Å². The Kier molecular flexibility index (Phi) is 3.39. The van der Waals surface area contributed by atoms with Gasteiger partial charge in [0.05, 0.1) is 11.9 Å². The minimum absolute atomic E-state index is 0.290. The number of hydrogen-bond donors (Lipinski definition) is 2. The molecule has 5 nitrogen and oxygen atoms in total. The van der Waals surface area contributed by atoms with E-state index in [2.05, 4.69) is 31.2 Å². The van der Waals surface area contributed by atoms with E-state index in [0.29, 0.717) is 16.5 Å². The zero-order chi connectivity index (χ0) is 12.4. The third kappa shape index (κ3) is 2.80. The van der Waals surface area contributed by atoms with Gasteiger partial charge in [-0.1, -0.05) is 0 Å². The Bertz CT molecular complexity index is 569. The topological polar surface area (TPSA) is 80.9 Å². The van der Waals surface area contributed by atoms with Crippen molar-refractivity contribution in [1.82, 2.24) is 9.97 Å². The smallest absolute Gasteiger partial charge is 0.275 e. The first kappa shape index (κ1) is 12.0. The highest BCUT2D eigenvalue weighted by Gasteiger charge is 2.10. The van der Waals surface area contributed by atoms with Crippen LogP contribution in [-0.2, 0) is 0 Å². The fraction of sp³-hybridized carbons (Fsp3) is 0.100. The van der Waals surface area contributed by atoms with E-state index in [9.17, 15) is 4.79 Å². The zero-order valence-electron chi connectivity index (χ0n) is 8.90. The van der Waals surface area contributed by atoms with E-state index in [1.807, 2.05) is 13.0 Å². The Morgan fingerprint density at radius 1 is 1.59 bits per heavy atom. The Labute approximate surface area is 110 Å². The molecule has 2 aromatic heterocycles. The summed E-state index contributed by atoms with van der Waals surface area (Å²) in [4.78, 5) is 19.8. The molecular formula is C10H9BrN4OS. The van der Waals surface area contributed by atoms with Gasteiger partial charge in [-0.3, -0.25) is 4.79 Å². The number of amides is 1. The fourth-order valence-electron chi connectivity index (χ4n) is 1.21. The second kappa shape index (κ2) is 4.80. The molecule has 0 aliphatic rings. The van der Waals surface area contributed by atoms with Gasteiger partial charge in [-0.2, -0.15) is 0 Å². The van der Waals surface area contributed by atoms with Crippen LogP contribution in [0, 0.1) is 6.92 Å². The Balaban J connectivity index is 2.15. The van der Waals surface area contributed by atoms with Crippen molar-refractivity contribution in [2.75, 3.05) is 11.1 Å². The molecule has 2 rings (SSSR count). The van der Waals surface area contributed by atoms with Crippen LogP contribution < -0.4 is 11.1 Å². The Morgan fingerprint density at radius 2 is 2.35 bits per heavy atom. The van der Waals surface area contributed by atoms with Crippen LogP contribution in [0.25, 0.3) is 0 Å². The lowest BCUT2D eigenvalue weighted by molar-refractivity contribution is 0.102. The molecule has 0 spiro atoms. The van der Waals surface area contributed by atoms with Crippen molar-refractivity contribution in [1.29, 1.82) is 0 Å². The van der Waals surface area contributed by atoms with Gasteiger partial charge in [0.2, 0.25) is 0 Å². The number of thiazole rings is 1. The van der Waals surface area contributed by atoms with Gasteiger partial charge in [0, 0.05) is 5.38 Å². The van der Waals surface area contributed by atoms with Gasteiger partial charge in [-0.15, -0.1) is 11.3 Å². The van der Waals surface area contributed by atoms with Gasteiger partial charge >= 0.3 is 0 Å². The number of carbonyl (C=O) groups excluding carboxylic acids is 1. The largest absolute Gasteiger partial charge is 0.375 e. The molecule has 0 saturated carbocycles. The molecular weight excluding hydrogens is 304 g/mol. The van der Waals surface area contributed by atoms with Crippen LogP contribution in [0.2, 0.25) is 0 Å². The molecule has 17 heavy (non-hydrogen) atoms. The highest BCUT2D eigenvalue weighted by atomic mass is 79.9. The van der Waals surface area contributed by atoms with Crippen molar-refractivity contribution in [3.05, 3.63) is 33.5 Å². The lowest BCUT2D eigenvalue weighted by Crippen LogP contribution is -2.12. The summed E-state index contributed by atoms with van der Waals surface area (Å²) in [6.07, 6.45) is 1.57. The predicted octanol–water partition coefficient (Wildman–Crippen LogP) is 2.44. The van der Waals surface area contributed by atoms with Gasteiger partial charge in [0.25, 0.3) is 5.91 Å². The van der Waals surface area contributed by atoms with Gasteiger partial charge in [0.1, 0.15) is 10.3 Å². The molecule has 0 bridgehead atoms. The summed E-state index contributed by atoms with van der Waals surface area (Å²) < 4.78 is 0.758. The van der Waals surface area contributed by atoms with Crippen molar-refractivity contribution >= 4 is 44.0 Å². The minimum Gasteiger partial charge on any atom is -0.375 e. The second-order valence-corrected chi connectivity index (χ2v) is 5.00. The summed E-state index contributed by atoms with van der Waals surface area (Å²) in [7, 11) is 0. The van der Waals surface area contributed by atoms with Gasteiger partial charge < -0.3 is 11.1 Å². The van der Waals surface area contributed by atoms with Crippen LogP contribution in [0.3, 0.4) is 0 Å². The van der Waals surface area contributed by atoms with Gasteiger partial charge in [-0.25, -0.2) is 9.97 Å². The first-order valence-corrected chi connectivity index (χ1v) is 6.38. The number of hydrogen-bond acceptors (Lipinski definition) is 5. The summed E-state index contributed by atoms with van der Waals surface area (Å²) in [6, 6.07) is 1.82. The summed E-state index contributed by atoms with van der Waals surface area (Å²) in [5, 5.41) is 4.70. The molecule has 0 aliphatic heterocycles. The van der Waals surface area contributed by atoms with Crippen LogP contribution in [0.4, 0.5) is 10.8 Å². The van der Waals surface area contributed by atoms with Crippen LogP contribution >= 0.6 is 27.3 Å². The molecule has 0 fully saturated rings. The standard InChI is InChI=1S/C10H9BrN4OS/c1-5-2-6(3-13-8(5)11)14-9(16)7-4-17-10(12)15-7/h2-4H,1H3,(H2,12,15)(H,14,16). The van der Waals surface area contributed by atoms with Crippen LogP contribution in [-0.4, -0.2) is 15.9 Å². The molecule has 0 unspecified atom stereocenters. The van der Waals surface area contributed by atoms with E-state index in [1.54, 1.807) is 11.6 Å². The van der Waals surface area contributed by atoms with Crippen LogP contribution in [0.15, 0.2) is 22.2 Å². The third-order valence-electron chi connectivity index (χ3n) is 2.03. The number of aromatic nitrogens is 2. The molecule has 0 saturated heterocycles. The third-order valence-corrected chi connectivity index (χ3v) is 3.53. The summed E-state index contributed by atoms with van der Waals surface area (Å²) >= 11 is 4.52. The van der Waals surface area contributed by atoms with E-state index >= 15 is 0 Å². The molecule has 1 amide bonds. The maximum absolute atomic E-state index is 11.8. The fourth-order valence-corrected chi connectivity index (χ4v) is 1.97. The van der Waals surface area contributed by atoms with E-state index in [4.69, 9.17) is 5.73 Å². The molecule has 3 N–H and O–H groups in total. The molecule has 2 heterocycles. The number of nitrogen functional groups attached to an aromatic ring is 1. The number of aryl methyl sites for hydroxylation is 1. The lowest BCUT2D eigenvalue weighted by Gasteiger charge is -2.04. The first-order valence-electron chi connectivity index (χ1n) is 4.71. The Hall–Kier alpha value is -1.47. The van der Waals surface area contributed by atoms with Crippen molar-refractivity contribution in [3.63, 3.8) is 0 Å². The quantitative estimate of drug-likeness (QED) is 0.835. The predicted molar refractivity (Wildman–Crippen MR) is 71.2 cm³/mol. The SMILES string of the molecule is Cc1cc(NC(=O)c2csc(N)n2)cnc1Br. The number of rotatable bonds is 2. The molecule has 7 heteroatoms. The molecule has 0 radical (unpaired) electrons. The van der Waals surface area contributed by atoms with Crippen molar-refractivity contribution in [3.8, 4) is 0 Å². The van der Waals surface area contributed by atoms with Crippen LogP contribution in [0.5, 0.6) is 0 Å². The first-order chi connectivity index (χ1) is 8.06. The number of anilines is 2. The number of nitrogens with zero attached hydrogens (tertiary/aromatic N) is 2. The number of nitrogens with two attached hydrogens (primary N) is 1. The minimum atomic E-state index is -0.290. The lowest BCUT2D eigenvalue weighted by atomic mass is 10.3. The normalized spacial score (nSPS) is 10.2. The summed E-state index contributed by atoms with van der Waals surface area (Å²) in [5.41, 5.74) is 7.35. The summed E-state index contributed by atoms with van der Waals surface area (Å²) in [5.74, 6) is -0.290. The number of halogens is 1. The maximum Gasteiger partial charge on any atom is 0.275 e. The average molecular weight is 313 g/mol. The van der Waals surface area contributed by atoms with E-state index in [-0.39, 0.29) is 5.91 Å². The van der Waals surface area contributed by atoms with E-state index < -0.39 is 0 Å². The van der Waals surface area contributed by atoms with Gasteiger partial charge in [-0.05, 0) is 34.5 Å².